The molecule has 39 heavy (non-hydrogen) atoms. The first-order chi connectivity index (χ1) is 18.9. The van der Waals surface area contributed by atoms with Gasteiger partial charge in [-0.1, -0.05) is 61.4 Å². The van der Waals surface area contributed by atoms with Crippen LogP contribution in [0.3, 0.4) is 0 Å². The first kappa shape index (κ1) is 26.4. The number of hydrazone groups is 2. The summed E-state index contributed by atoms with van der Waals surface area (Å²) in [6.07, 6.45) is 1.17. The van der Waals surface area contributed by atoms with Crippen LogP contribution >= 0.6 is 0 Å². The Labute approximate surface area is 229 Å². The Bertz CT molecular complexity index is 1360. The molecule has 200 valence electrons. The summed E-state index contributed by atoms with van der Waals surface area (Å²) in [7, 11) is 1.62. The van der Waals surface area contributed by atoms with Gasteiger partial charge >= 0.3 is 0 Å². The molecule has 0 radical (unpaired) electrons. The molecule has 7 heteroatoms. The van der Waals surface area contributed by atoms with Crippen LogP contribution in [0.5, 0.6) is 5.75 Å². The summed E-state index contributed by atoms with van der Waals surface area (Å²) in [6.45, 7) is 8.03. The van der Waals surface area contributed by atoms with E-state index in [1.807, 2.05) is 100 Å². The number of ether oxygens (including phenoxy) is 1. The summed E-state index contributed by atoms with van der Waals surface area (Å²) in [6, 6.07) is 23.2. The molecule has 2 unspecified atom stereocenters. The summed E-state index contributed by atoms with van der Waals surface area (Å²) >= 11 is 0. The zero-order chi connectivity index (χ0) is 27.7. The third-order valence-corrected chi connectivity index (χ3v) is 7.60. The smallest absolute Gasteiger partial charge is 0.256 e. The fourth-order valence-electron chi connectivity index (χ4n) is 5.50. The lowest BCUT2D eigenvalue weighted by Crippen LogP contribution is -2.40. The van der Waals surface area contributed by atoms with E-state index in [1.54, 1.807) is 7.11 Å². The average Bonchev–Trinajstić information content (AvgIpc) is 3.46. The number of anilines is 2. The minimum atomic E-state index is -0.618. The lowest BCUT2D eigenvalue weighted by atomic mass is 9.71. The molecule has 2 heterocycles. The molecule has 3 aromatic rings. The second-order valence-electron chi connectivity index (χ2n) is 10.1. The molecular weight excluding hydrogens is 488 g/mol. The van der Waals surface area contributed by atoms with E-state index in [2.05, 4.69) is 0 Å². The van der Waals surface area contributed by atoms with Gasteiger partial charge in [0.15, 0.2) is 0 Å². The van der Waals surface area contributed by atoms with Crippen LogP contribution in [-0.4, -0.2) is 30.3 Å². The van der Waals surface area contributed by atoms with Crippen molar-refractivity contribution in [3.05, 3.63) is 89.5 Å². The molecule has 7 nitrogen and oxygen atoms in total. The maximum absolute atomic E-state index is 14.2. The molecule has 2 aliphatic rings. The van der Waals surface area contributed by atoms with Crippen molar-refractivity contribution in [2.45, 2.75) is 46.5 Å². The Morgan fingerprint density at radius 2 is 1.21 bits per heavy atom. The van der Waals surface area contributed by atoms with Crippen molar-refractivity contribution in [2.75, 3.05) is 17.1 Å². The highest BCUT2D eigenvalue weighted by atomic mass is 16.5. The van der Waals surface area contributed by atoms with E-state index in [9.17, 15) is 9.59 Å². The Morgan fingerprint density at radius 1 is 0.744 bits per heavy atom. The summed E-state index contributed by atoms with van der Waals surface area (Å²) in [5.41, 5.74) is 6.00. The molecule has 5 rings (SSSR count). The molecule has 0 aromatic heterocycles. The van der Waals surface area contributed by atoms with Gasteiger partial charge in [0.05, 0.1) is 41.7 Å². The largest absolute Gasteiger partial charge is 0.497 e. The van der Waals surface area contributed by atoms with Crippen molar-refractivity contribution in [1.82, 2.24) is 0 Å². The van der Waals surface area contributed by atoms with Gasteiger partial charge in [0.25, 0.3) is 11.8 Å². The predicted octanol–water partition coefficient (Wildman–Crippen LogP) is 6.25. The van der Waals surface area contributed by atoms with Crippen molar-refractivity contribution in [2.24, 2.45) is 22.0 Å². The third-order valence-electron chi connectivity index (χ3n) is 7.60. The number of hydrogen-bond acceptors (Lipinski definition) is 5. The number of rotatable bonds is 8. The van der Waals surface area contributed by atoms with Gasteiger partial charge < -0.3 is 4.74 Å². The van der Waals surface area contributed by atoms with Crippen molar-refractivity contribution in [3.63, 3.8) is 0 Å². The van der Waals surface area contributed by atoms with E-state index in [-0.39, 0.29) is 11.8 Å². The first-order valence-electron chi connectivity index (χ1n) is 13.5. The molecule has 0 bridgehead atoms. The lowest BCUT2D eigenvalue weighted by Gasteiger charge is -2.29. The van der Waals surface area contributed by atoms with E-state index in [0.717, 1.165) is 28.1 Å². The van der Waals surface area contributed by atoms with Crippen LogP contribution in [0.2, 0.25) is 0 Å². The zero-order valence-corrected chi connectivity index (χ0v) is 23.1. The molecule has 0 N–H and O–H groups in total. The Balaban J connectivity index is 1.62. The summed E-state index contributed by atoms with van der Waals surface area (Å²) in [5, 5.41) is 12.6. The van der Waals surface area contributed by atoms with Crippen molar-refractivity contribution >= 4 is 34.6 Å². The normalized spacial score (nSPS) is 19.8. The van der Waals surface area contributed by atoms with Gasteiger partial charge in [0.1, 0.15) is 5.75 Å². The van der Waals surface area contributed by atoms with E-state index in [4.69, 9.17) is 14.9 Å². The number of methoxy groups -OCH3 is 1. The molecule has 3 aromatic carbocycles. The van der Waals surface area contributed by atoms with Crippen molar-refractivity contribution < 1.29 is 14.3 Å². The summed E-state index contributed by atoms with van der Waals surface area (Å²) in [5.74, 6) is -1.34. The second-order valence-corrected chi connectivity index (χ2v) is 10.1. The van der Waals surface area contributed by atoms with Crippen LogP contribution in [-0.2, 0) is 9.59 Å². The Kier molecular flexibility index (Phi) is 7.33. The quantitative estimate of drug-likeness (QED) is 0.351. The maximum atomic E-state index is 14.2. The highest BCUT2D eigenvalue weighted by molar-refractivity contribution is 6.20. The number of amides is 2. The van der Waals surface area contributed by atoms with E-state index in [0.29, 0.717) is 30.0 Å². The molecule has 2 amide bonds. The maximum Gasteiger partial charge on any atom is 0.256 e. The van der Waals surface area contributed by atoms with Crippen LogP contribution < -0.4 is 14.8 Å². The topological polar surface area (TPSA) is 74.6 Å². The van der Waals surface area contributed by atoms with Crippen molar-refractivity contribution in [3.8, 4) is 5.75 Å². The van der Waals surface area contributed by atoms with Crippen LogP contribution in [0.1, 0.15) is 49.3 Å². The van der Waals surface area contributed by atoms with Gasteiger partial charge in [-0.25, -0.2) is 10.0 Å². The predicted molar refractivity (Wildman–Crippen MR) is 155 cm³/mol. The molecule has 0 spiro atoms. The first-order valence-corrected chi connectivity index (χ1v) is 13.5. The summed E-state index contributed by atoms with van der Waals surface area (Å²) in [4.78, 5) is 28.4. The van der Waals surface area contributed by atoms with Gasteiger partial charge in [0.2, 0.25) is 0 Å². The van der Waals surface area contributed by atoms with Crippen molar-refractivity contribution in [1.29, 1.82) is 0 Å². The fourth-order valence-corrected chi connectivity index (χ4v) is 5.50. The highest BCUT2D eigenvalue weighted by Gasteiger charge is 2.51. The van der Waals surface area contributed by atoms with E-state index < -0.39 is 17.8 Å². The fraction of sp³-hybridized carbons (Fsp3) is 0.312. The van der Waals surface area contributed by atoms with Gasteiger partial charge in [-0.2, -0.15) is 10.2 Å². The molecule has 0 saturated carbocycles. The molecule has 0 saturated heterocycles. The minimum absolute atomic E-state index is 0.138. The molecule has 0 fully saturated rings. The standard InChI is InChI=1S/C32H34N4O3/c1-6-26-29(31(37)35(33-26)23-15-11-20(3)12-16-23)28(22-9-8-10-25(19-22)39-5)30-27(7-2)34-36(32(30)38)24-17-13-21(4)14-18-24/h8-19,28-30H,6-7H2,1-5H3. The van der Waals surface area contributed by atoms with Crippen LogP contribution in [0.4, 0.5) is 11.4 Å². The Hall–Kier alpha value is -4.26. The molecular formula is C32H34N4O3. The van der Waals surface area contributed by atoms with Crippen LogP contribution in [0, 0.1) is 25.7 Å². The minimum Gasteiger partial charge on any atom is -0.497 e. The molecule has 0 aliphatic carbocycles. The van der Waals surface area contributed by atoms with E-state index in [1.165, 1.54) is 10.0 Å². The third kappa shape index (κ3) is 4.85. The zero-order valence-electron chi connectivity index (χ0n) is 23.1. The number of nitrogens with zero attached hydrogens (tertiary/aromatic N) is 4. The van der Waals surface area contributed by atoms with Gasteiger partial charge in [-0.15, -0.1) is 0 Å². The monoisotopic (exact) mass is 522 g/mol. The highest BCUT2D eigenvalue weighted by Crippen LogP contribution is 2.44. The lowest BCUT2D eigenvalue weighted by molar-refractivity contribution is -0.122. The summed E-state index contributed by atoms with van der Waals surface area (Å²) < 4.78 is 5.54. The van der Waals surface area contributed by atoms with Gasteiger partial charge in [-0.3, -0.25) is 9.59 Å². The Morgan fingerprint density at radius 3 is 1.62 bits per heavy atom. The van der Waals surface area contributed by atoms with E-state index >= 15 is 0 Å². The second kappa shape index (κ2) is 10.8. The van der Waals surface area contributed by atoms with Gasteiger partial charge in [0, 0.05) is 5.92 Å². The number of benzene rings is 3. The van der Waals surface area contributed by atoms with Crippen LogP contribution in [0.25, 0.3) is 0 Å². The SMILES string of the molecule is CCC1=NN(c2ccc(C)cc2)C(=O)C1C(c1cccc(OC)c1)C1C(=O)N(c2ccc(C)cc2)N=C1CC. The molecule has 2 aliphatic heterocycles. The number of hydrogen-bond donors (Lipinski definition) is 0. The number of carbonyl (C=O) groups excluding carboxylic acids is 2. The van der Waals surface area contributed by atoms with Gasteiger partial charge in [-0.05, 0) is 68.7 Å². The van der Waals surface area contributed by atoms with Crippen LogP contribution in [0.15, 0.2) is 83.0 Å². The average molecular weight is 523 g/mol. The number of aryl methyl sites for hydroxylation is 2. The number of carbonyl (C=O) groups is 2. The molecule has 2 atom stereocenters.